The Morgan fingerprint density at radius 1 is 1.29 bits per heavy atom. The number of benzene rings is 1. The minimum Gasteiger partial charge on any atom is -0.267 e. The normalized spacial score (nSPS) is 28.0. The zero-order valence-corrected chi connectivity index (χ0v) is 13.4. The molecule has 0 saturated heterocycles. The molecule has 1 aromatic rings. The molecule has 3 atom stereocenters. The number of nitrogens with one attached hydrogen (secondary N) is 1. The highest BCUT2D eigenvalue weighted by molar-refractivity contribution is 6.36. The molecule has 5 heteroatoms. The van der Waals surface area contributed by atoms with E-state index in [1.165, 1.54) is 25.7 Å². The van der Waals surface area contributed by atoms with Gasteiger partial charge in [-0.3, -0.25) is 4.79 Å². The molecule has 2 saturated carbocycles. The summed E-state index contributed by atoms with van der Waals surface area (Å²) in [5.74, 6) is 1.87. The Labute approximate surface area is 134 Å². The predicted octanol–water partition coefficient (Wildman–Crippen LogP) is 4.54. The van der Waals surface area contributed by atoms with E-state index in [1.807, 2.05) is 6.92 Å². The Bertz CT molecular complexity index is 600. The van der Waals surface area contributed by atoms with Gasteiger partial charge in [-0.2, -0.15) is 5.10 Å². The van der Waals surface area contributed by atoms with E-state index in [4.69, 9.17) is 23.2 Å². The van der Waals surface area contributed by atoms with E-state index < -0.39 is 0 Å². The molecule has 3 rings (SSSR count). The minimum atomic E-state index is -0.292. The van der Waals surface area contributed by atoms with Crippen LogP contribution in [0.3, 0.4) is 0 Å². The van der Waals surface area contributed by atoms with Gasteiger partial charge in [-0.25, -0.2) is 5.43 Å². The molecule has 3 nitrogen and oxygen atoms in total. The summed E-state index contributed by atoms with van der Waals surface area (Å²) in [7, 11) is 0. The maximum atomic E-state index is 12.1. The number of hydrogen-bond donors (Lipinski definition) is 1. The van der Waals surface area contributed by atoms with Gasteiger partial charge in [0.05, 0.1) is 10.6 Å². The summed E-state index contributed by atoms with van der Waals surface area (Å²) in [4.78, 5) is 12.1. The molecule has 2 aliphatic carbocycles. The number of hydrogen-bond acceptors (Lipinski definition) is 2. The third-order valence-corrected chi connectivity index (χ3v) is 5.33. The van der Waals surface area contributed by atoms with Crippen molar-refractivity contribution in [3.05, 3.63) is 33.8 Å². The number of amides is 1. The maximum Gasteiger partial charge on any atom is 0.272 e. The molecular weight excluding hydrogens is 307 g/mol. The number of halogens is 2. The van der Waals surface area contributed by atoms with Crippen molar-refractivity contribution in [2.24, 2.45) is 22.9 Å². The third-order valence-electron chi connectivity index (χ3n) is 4.78. The minimum absolute atomic E-state index is 0.292. The number of carbonyl (C=O) groups is 1. The van der Waals surface area contributed by atoms with Gasteiger partial charge in [0.2, 0.25) is 0 Å². The third kappa shape index (κ3) is 3.09. The highest BCUT2D eigenvalue weighted by Crippen LogP contribution is 2.48. The summed E-state index contributed by atoms with van der Waals surface area (Å²) in [6.07, 6.45) is 5.21. The molecule has 2 bridgehead atoms. The number of rotatable bonds is 3. The fraction of sp³-hybridized carbons (Fsp3) is 0.500. The second kappa shape index (κ2) is 5.98. The van der Waals surface area contributed by atoms with E-state index in [0.717, 1.165) is 17.5 Å². The van der Waals surface area contributed by atoms with Crippen LogP contribution < -0.4 is 5.43 Å². The van der Waals surface area contributed by atoms with Crippen molar-refractivity contribution in [3.8, 4) is 0 Å². The summed E-state index contributed by atoms with van der Waals surface area (Å²) in [6.45, 7) is 2.01. The van der Waals surface area contributed by atoms with E-state index in [-0.39, 0.29) is 5.91 Å². The smallest absolute Gasteiger partial charge is 0.267 e. The lowest BCUT2D eigenvalue weighted by molar-refractivity contribution is 0.0954. The van der Waals surface area contributed by atoms with E-state index in [0.29, 0.717) is 21.5 Å². The van der Waals surface area contributed by atoms with Gasteiger partial charge in [-0.05, 0) is 56.2 Å². The van der Waals surface area contributed by atoms with E-state index >= 15 is 0 Å². The monoisotopic (exact) mass is 324 g/mol. The summed E-state index contributed by atoms with van der Waals surface area (Å²) >= 11 is 11.9. The first kappa shape index (κ1) is 14.9. The van der Waals surface area contributed by atoms with Crippen molar-refractivity contribution < 1.29 is 4.79 Å². The summed E-state index contributed by atoms with van der Waals surface area (Å²) < 4.78 is 0. The van der Waals surface area contributed by atoms with Gasteiger partial charge >= 0.3 is 0 Å². The van der Waals surface area contributed by atoms with Gasteiger partial charge < -0.3 is 0 Å². The van der Waals surface area contributed by atoms with Gasteiger partial charge in [0, 0.05) is 16.7 Å². The molecule has 1 N–H and O–H groups in total. The van der Waals surface area contributed by atoms with Gasteiger partial charge in [0.1, 0.15) is 0 Å². The zero-order valence-electron chi connectivity index (χ0n) is 11.9. The quantitative estimate of drug-likeness (QED) is 0.643. The molecule has 0 heterocycles. The van der Waals surface area contributed by atoms with Crippen molar-refractivity contribution in [1.82, 2.24) is 5.43 Å². The summed E-state index contributed by atoms with van der Waals surface area (Å²) in [6, 6.07) is 4.82. The highest BCUT2D eigenvalue weighted by Gasteiger charge is 2.40. The van der Waals surface area contributed by atoms with Crippen molar-refractivity contribution in [2.45, 2.75) is 32.6 Å². The van der Waals surface area contributed by atoms with Crippen LogP contribution in [-0.4, -0.2) is 11.6 Å². The molecule has 0 aromatic heterocycles. The standard InChI is InChI=1S/C16H18Cl2N2O/c1-9(14-7-10-2-3-11(14)6-10)19-20-16(21)13-5-4-12(17)8-15(13)18/h4-5,8,10-11,14H,2-3,6-7H2,1H3,(H,20,21)/t10-,11-,14+/m0/s1. The van der Waals surface area contributed by atoms with Crippen LogP contribution in [0.5, 0.6) is 0 Å². The summed E-state index contributed by atoms with van der Waals surface area (Å²) in [5, 5.41) is 5.14. The van der Waals surface area contributed by atoms with Crippen LogP contribution in [0.2, 0.25) is 10.0 Å². The first-order valence-electron chi connectivity index (χ1n) is 7.34. The maximum absolute atomic E-state index is 12.1. The number of fused-ring (bicyclic) bond motifs is 2. The average molecular weight is 325 g/mol. The SMILES string of the molecule is CC(=NNC(=O)c1ccc(Cl)cc1Cl)[C@H]1C[C@H]2CC[C@H]1C2. The van der Waals surface area contributed by atoms with Gasteiger partial charge in [-0.15, -0.1) is 0 Å². The van der Waals surface area contributed by atoms with Gasteiger partial charge in [0.25, 0.3) is 5.91 Å². The van der Waals surface area contributed by atoms with Crippen LogP contribution in [0.25, 0.3) is 0 Å². The number of nitrogens with zero attached hydrogens (tertiary/aromatic N) is 1. The topological polar surface area (TPSA) is 41.5 Å². The van der Waals surface area contributed by atoms with Gasteiger partial charge in [0.15, 0.2) is 0 Å². The van der Waals surface area contributed by atoms with Gasteiger partial charge in [-0.1, -0.05) is 29.6 Å². The Morgan fingerprint density at radius 2 is 2.10 bits per heavy atom. The lowest BCUT2D eigenvalue weighted by Gasteiger charge is -2.21. The van der Waals surface area contributed by atoms with Crippen LogP contribution >= 0.6 is 23.2 Å². The van der Waals surface area contributed by atoms with Crippen molar-refractivity contribution in [1.29, 1.82) is 0 Å². The zero-order chi connectivity index (χ0) is 15.0. The summed E-state index contributed by atoms with van der Waals surface area (Å²) in [5.41, 5.74) is 4.04. The molecular formula is C16H18Cl2N2O. The molecule has 1 aromatic carbocycles. The molecule has 1 amide bonds. The first-order valence-corrected chi connectivity index (χ1v) is 8.09. The molecule has 112 valence electrons. The largest absolute Gasteiger partial charge is 0.272 e. The first-order chi connectivity index (χ1) is 10.0. The lowest BCUT2D eigenvalue weighted by atomic mass is 9.86. The molecule has 2 fully saturated rings. The van der Waals surface area contributed by atoms with Crippen LogP contribution in [0.1, 0.15) is 43.0 Å². The van der Waals surface area contributed by atoms with E-state index in [2.05, 4.69) is 10.5 Å². The van der Waals surface area contributed by atoms with E-state index in [1.54, 1.807) is 18.2 Å². The fourth-order valence-corrected chi connectivity index (χ4v) is 4.21. The Morgan fingerprint density at radius 3 is 2.71 bits per heavy atom. The van der Waals surface area contributed by atoms with Crippen LogP contribution in [0.15, 0.2) is 23.3 Å². The Kier molecular flexibility index (Phi) is 4.23. The fourth-order valence-electron chi connectivity index (χ4n) is 3.71. The molecule has 0 aliphatic heterocycles. The Hall–Kier alpha value is -1.06. The van der Waals surface area contributed by atoms with Crippen LogP contribution in [0.4, 0.5) is 0 Å². The second-order valence-corrected chi connectivity index (χ2v) is 6.94. The average Bonchev–Trinajstić information content (AvgIpc) is 3.07. The molecule has 0 spiro atoms. The second-order valence-electron chi connectivity index (χ2n) is 6.10. The van der Waals surface area contributed by atoms with Crippen molar-refractivity contribution in [2.75, 3.05) is 0 Å². The van der Waals surface area contributed by atoms with Crippen molar-refractivity contribution >= 4 is 34.8 Å². The van der Waals surface area contributed by atoms with E-state index in [9.17, 15) is 4.79 Å². The molecule has 0 unspecified atom stereocenters. The molecule has 2 aliphatic rings. The Balaban J connectivity index is 1.66. The number of hydrazone groups is 1. The van der Waals surface area contributed by atoms with Crippen LogP contribution in [0, 0.1) is 17.8 Å². The highest BCUT2D eigenvalue weighted by atomic mass is 35.5. The molecule has 21 heavy (non-hydrogen) atoms. The molecule has 0 radical (unpaired) electrons. The van der Waals surface area contributed by atoms with Crippen LogP contribution in [-0.2, 0) is 0 Å². The number of carbonyl (C=O) groups excluding carboxylic acids is 1. The lowest BCUT2D eigenvalue weighted by Crippen LogP contribution is -2.24. The predicted molar refractivity (Wildman–Crippen MR) is 86.0 cm³/mol. The van der Waals surface area contributed by atoms with Crippen molar-refractivity contribution in [3.63, 3.8) is 0 Å².